The van der Waals surface area contributed by atoms with Gasteiger partial charge in [-0.1, -0.05) is 114 Å². The zero-order valence-corrected chi connectivity index (χ0v) is 43.8. The third-order valence-corrected chi connectivity index (χ3v) is 15.5. The quantitative estimate of drug-likeness (QED) is 0.0791. The lowest BCUT2D eigenvalue weighted by molar-refractivity contribution is -0.148. The summed E-state index contributed by atoms with van der Waals surface area (Å²) in [6.07, 6.45) is 3.46. The topological polar surface area (TPSA) is 188 Å². The molecule has 72 heavy (non-hydrogen) atoms. The van der Waals surface area contributed by atoms with Gasteiger partial charge in [-0.2, -0.15) is 0 Å². The summed E-state index contributed by atoms with van der Waals surface area (Å²) < 4.78 is 17.5. The summed E-state index contributed by atoms with van der Waals surface area (Å²) in [7, 11) is 6.85. The number of nitrogens with zero attached hydrogens (tertiary/aromatic N) is 3. The Labute approximate surface area is 426 Å². The van der Waals surface area contributed by atoms with E-state index in [-0.39, 0.29) is 61.6 Å². The van der Waals surface area contributed by atoms with Crippen LogP contribution < -0.4 is 21.3 Å². The van der Waals surface area contributed by atoms with Gasteiger partial charge in [0.15, 0.2) is 0 Å². The van der Waals surface area contributed by atoms with Crippen molar-refractivity contribution in [1.82, 2.24) is 30.7 Å². The second kappa shape index (κ2) is 26.2. The molecular formula is C56H79N7O9. The molecule has 16 nitrogen and oxygen atoms in total. The molecule has 0 spiro atoms. The molecule has 3 unspecified atom stereocenters. The van der Waals surface area contributed by atoms with Crippen LogP contribution in [0.2, 0.25) is 0 Å². The highest BCUT2D eigenvalue weighted by Gasteiger charge is 2.49. The van der Waals surface area contributed by atoms with Crippen LogP contribution in [0.5, 0.6) is 0 Å². The molecule has 3 aliphatic rings. The Morgan fingerprint density at radius 1 is 0.792 bits per heavy atom. The highest BCUT2D eigenvalue weighted by molar-refractivity contribution is 5.98. The Kier molecular flexibility index (Phi) is 20.2. The summed E-state index contributed by atoms with van der Waals surface area (Å²) in [5.74, 6) is -2.01. The van der Waals surface area contributed by atoms with Crippen LogP contribution in [-0.4, -0.2) is 134 Å². The van der Waals surface area contributed by atoms with Crippen molar-refractivity contribution in [2.45, 2.75) is 148 Å². The molecule has 0 aromatic heterocycles. The van der Waals surface area contributed by atoms with E-state index in [1.807, 2.05) is 95.4 Å². The summed E-state index contributed by atoms with van der Waals surface area (Å²) in [5, 5.41) is 11.8. The molecule has 1 saturated carbocycles. The van der Waals surface area contributed by atoms with Gasteiger partial charge in [-0.3, -0.25) is 28.9 Å². The smallest absolute Gasteiger partial charge is 0.407 e. The molecule has 3 aromatic rings. The number of carbonyl (C=O) groups is 6. The lowest BCUT2D eigenvalue weighted by Gasteiger charge is -2.41. The first-order valence-electron chi connectivity index (χ1n) is 25.9. The molecule has 392 valence electrons. The van der Waals surface area contributed by atoms with Gasteiger partial charge in [0, 0.05) is 52.5 Å². The number of alkyl carbamates (subject to hydrolysis) is 1. The molecule has 4 N–H and O–H groups in total. The van der Waals surface area contributed by atoms with Crippen molar-refractivity contribution < 1.29 is 43.0 Å². The summed E-state index contributed by atoms with van der Waals surface area (Å²) in [5.41, 5.74) is 3.04. The molecule has 3 aromatic carbocycles. The number of likely N-dealkylation sites (tertiary alicyclic amines) is 2. The first-order chi connectivity index (χ1) is 34.5. The van der Waals surface area contributed by atoms with E-state index in [4.69, 9.17) is 14.2 Å². The highest BCUT2D eigenvalue weighted by Crippen LogP contribution is 2.41. The standard InChI is InChI=1S/C56H79N7O9/c1-10-36(4)49(62(7)55(68)48(35(2)3)60-54(67)50-41-25-28-43(31-41)61(50)6)46(70-8)32-47(64)63-29-17-22-45(63)51(71-9)37(5)52(65)59-44(30-38-18-13-11-14-19-38)53(66)58-42-26-23-39(24-27-42)33-57-56(69)72-34-40-20-15-12-16-21-40/h11-16,18-21,23-24,26-27,35-37,41,43-46,48-51H,10,17,22,25,28-34H2,1-9H3,(H,57,69)(H,58,66)(H,59,65)(H,60,67)/t36-,37+,41-,43+,44?,45?,46+,48?,49-,50-,51+/m0/s1. The summed E-state index contributed by atoms with van der Waals surface area (Å²) in [4.78, 5) is 89.0. The molecule has 16 heteroatoms. The number of carbonyl (C=O) groups excluding carboxylic acids is 6. The zero-order valence-electron chi connectivity index (χ0n) is 43.8. The maximum Gasteiger partial charge on any atom is 0.407 e. The summed E-state index contributed by atoms with van der Waals surface area (Å²) in [6.45, 7) is 10.6. The predicted molar refractivity (Wildman–Crippen MR) is 276 cm³/mol. The van der Waals surface area contributed by atoms with E-state index in [1.54, 1.807) is 55.1 Å². The first-order valence-corrected chi connectivity index (χ1v) is 25.9. The lowest BCUT2D eigenvalue weighted by atomic mass is 9.89. The third-order valence-electron chi connectivity index (χ3n) is 15.5. The second-order valence-electron chi connectivity index (χ2n) is 20.5. The van der Waals surface area contributed by atoms with E-state index in [1.165, 1.54) is 7.11 Å². The van der Waals surface area contributed by atoms with Gasteiger partial charge in [0.2, 0.25) is 29.5 Å². The average molecular weight is 994 g/mol. The number of hydrogen-bond acceptors (Lipinski definition) is 10. The summed E-state index contributed by atoms with van der Waals surface area (Å²) >= 11 is 0. The number of piperidine rings is 1. The van der Waals surface area contributed by atoms with Crippen LogP contribution in [0.4, 0.5) is 10.5 Å². The fourth-order valence-electron chi connectivity index (χ4n) is 11.1. The fourth-order valence-corrected chi connectivity index (χ4v) is 11.1. The molecule has 6 amide bonds. The molecule has 2 aliphatic heterocycles. The molecule has 2 bridgehead atoms. The van der Waals surface area contributed by atoms with E-state index >= 15 is 0 Å². The molecule has 2 heterocycles. The Hall–Kier alpha value is -5.84. The van der Waals surface area contributed by atoms with Crippen LogP contribution in [0, 0.1) is 23.7 Å². The van der Waals surface area contributed by atoms with Crippen LogP contribution in [0.3, 0.4) is 0 Å². The Bertz CT molecular complexity index is 2260. The molecule has 6 rings (SSSR count). The molecule has 1 aliphatic carbocycles. The largest absolute Gasteiger partial charge is 0.445 e. The number of amides is 6. The average Bonchev–Trinajstić information content (AvgIpc) is 4.15. The maximum atomic E-state index is 14.5. The number of anilines is 1. The number of rotatable bonds is 24. The molecular weight excluding hydrogens is 915 g/mol. The van der Waals surface area contributed by atoms with E-state index in [0.29, 0.717) is 37.0 Å². The number of methoxy groups -OCH3 is 2. The van der Waals surface area contributed by atoms with Gasteiger partial charge >= 0.3 is 6.09 Å². The van der Waals surface area contributed by atoms with Crippen LogP contribution >= 0.6 is 0 Å². The van der Waals surface area contributed by atoms with Gasteiger partial charge in [0.05, 0.1) is 42.7 Å². The number of likely N-dealkylation sites (N-methyl/N-ethyl adjacent to an activating group) is 2. The number of hydrogen-bond donors (Lipinski definition) is 4. The van der Waals surface area contributed by atoms with Crippen LogP contribution in [0.15, 0.2) is 84.9 Å². The van der Waals surface area contributed by atoms with E-state index < -0.39 is 60.2 Å². The van der Waals surface area contributed by atoms with E-state index in [0.717, 1.165) is 42.4 Å². The van der Waals surface area contributed by atoms with Crippen molar-refractivity contribution in [3.63, 3.8) is 0 Å². The number of ether oxygens (including phenoxy) is 3. The van der Waals surface area contributed by atoms with E-state index in [2.05, 4.69) is 26.2 Å². The predicted octanol–water partition coefficient (Wildman–Crippen LogP) is 6.32. The Morgan fingerprint density at radius 3 is 2.06 bits per heavy atom. The molecule has 3 fully saturated rings. The monoisotopic (exact) mass is 994 g/mol. The summed E-state index contributed by atoms with van der Waals surface area (Å²) in [6, 6.07) is 23.4. The normalized spacial score (nSPS) is 21.4. The van der Waals surface area contributed by atoms with Crippen molar-refractivity contribution in [3.8, 4) is 0 Å². The van der Waals surface area contributed by atoms with Gasteiger partial charge in [0.25, 0.3) is 0 Å². The first kappa shape index (κ1) is 55.5. The van der Waals surface area contributed by atoms with Crippen molar-refractivity contribution >= 4 is 41.3 Å². The van der Waals surface area contributed by atoms with Gasteiger partial charge in [-0.25, -0.2) is 4.79 Å². The zero-order chi connectivity index (χ0) is 52.1. The Balaban J connectivity index is 1.08. The van der Waals surface area contributed by atoms with Crippen LogP contribution in [0.25, 0.3) is 0 Å². The van der Waals surface area contributed by atoms with Crippen molar-refractivity contribution in [2.75, 3.05) is 40.2 Å². The number of benzene rings is 3. The fraction of sp³-hybridized carbons (Fsp3) is 0.571. The minimum absolute atomic E-state index is 0.0105. The van der Waals surface area contributed by atoms with E-state index in [9.17, 15) is 28.8 Å². The highest BCUT2D eigenvalue weighted by atomic mass is 16.5. The third kappa shape index (κ3) is 14.0. The Morgan fingerprint density at radius 2 is 1.46 bits per heavy atom. The number of fused-ring (bicyclic) bond motifs is 2. The number of nitrogens with one attached hydrogen (secondary N) is 4. The van der Waals surface area contributed by atoms with Gasteiger partial charge in [-0.05, 0) is 85.7 Å². The van der Waals surface area contributed by atoms with Gasteiger partial charge in [-0.15, -0.1) is 0 Å². The molecule has 11 atom stereocenters. The van der Waals surface area contributed by atoms with Crippen LogP contribution in [-0.2, 0) is 57.8 Å². The van der Waals surface area contributed by atoms with Gasteiger partial charge in [0.1, 0.15) is 18.7 Å². The minimum atomic E-state index is -0.954. The molecule has 2 saturated heterocycles. The SMILES string of the molecule is CC[C@H](C)[C@@H]([C@@H](CC(=O)N1CCCC1[C@H](OC)[C@@H](C)C(=O)NC(Cc1ccccc1)C(=O)Nc1ccc(CNC(=O)OCc2ccccc2)cc1)OC)N(C)C(=O)C(NC(=O)[C@@H]1[C@H]2CC[C@H](C2)N1C)C(C)C. The minimum Gasteiger partial charge on any atom is -0.445 e. The van der Waals surface area contributed by atoms with Gasteiger partial charge < -0.3 is 45.3 Å². The maximum absolute atomic E-state index is 14.5. The van der Waals surface area contributed by atoms with Crippen LogP contribution in [0.1, 0.15) is 96.3 Å². The second-order valence-corrected chi connectivity index (χ2v) is 20.5. The lowest BCUT2D eigenvalue weighted by Crippen LogP contribution is -2.60. The van der Waals surface area contributed by atoms with Crippen molar-refractivity contribution in [3.05, 3.63) is 102 Å². The molecule has 0 radical (unpaired) electrons. The van der Waals surface area contributed by atoms with Crippen molar-refractivity contribution in [2.24, 2.45) is 23.7 Å². The van der Waals surface area contributed by atoms with Crippen molar-refractivity contribution in [1.29, 1.82) is 0 Å².